The number of nitrogens with zero attached hydrogens (tertiary/aromatic N) is 1. The van der Waals surface area contributed by atoms with Crippen LogP contribution in [0.5, 0.6) is 11.5 Å². The zero-order chi connectivity index (χ0) is 16.8. The van der Waals surface area contributed by atoms with E-state index in [1.807, 2.05) is 13.0 Å². The van der Waals surface area contributed by atoms with E-state index >= 15 is 0 Å². The predicted octanol–water partition coefficient (Wildman–Crippen LogP) is 4.08. The number of benzene rings is 2. The summed E-state index contributed by atoms with van der Waals surface area (Å²) in [5.74, 6) is 0.0310. The Morgan fingerprint density at radius 2 is 2.00 bits per heavy atom. The summed E-state index contributed by atoms with van der Waals surface area (Å²) < 4.78 is 6.43. The van der Waals surface area contributed by atoms with Crippen molar-refractivity contribution >= 4 is 44.0 Å². The molecule has 1 amide bonds. The van der Waals surface area contributed by atoms with E-state index < -0.39 is 0 Å². The van der Waals surface area contributed by atoms with Gasteiger partial charge in [-0.15, -0.1) is 0 Å². The van der Waals surface area contributed by atoms with E-state index in [2.05, 4.69) is 42.4 Å². The van der Waals surface area contributed by atoms with Crippen LogP contribution >= 0.6 is 31.9 Å². The monoisotopic (exact) mass is 440 g/mol. The number of hydrazone groups is 1. The summed E-state index contributed by atoms with van der Waals surface area (Å²) >= 11 is 6.64. The zero-order valence-corrected chi connectivity index (χ0v) is 15.4. The number of phenols is 1. The van der Waals surface area contributed by atoms with Crippen LogP contribution in [0.4, 0.5) is 0 Å². The van der Waals surface area contributed by atoms with Gasteiger partial charge in [-0.3, -0.25) is 4.79 Å². The molecule has 2 aromatic rings. The van der Waals surface area contributed by atoms with Gasteiger partial charge in [-0.2, -0.15) is 5.10 Å². The first kappa shape index (κ1) is 17.5. The van der Waals surface area contributed by atoms with Crippen LogP contribution in [0, 0.1) is 0 Å². The Bertz CT molecular complexity index is 734. The summed E-state index contributed by atoms with van der Waals surface area (Å²) in [6.45, 7) is 2.24. The molecule has 2 aromatic carbocycles. The number of nitrogens with one attached hydrogen (secondary N) is 1. The van der Waals surface area contributed by atoms with Gasteiger partial charge < -0.3 is 9.84 Å². The summed E-state index contributed by atoms with van der Waals surface area (Å²) in [6.07, 6.45) is 1.47. The third kappa shape index (κ3) is 4.33. The van der Waals surface area contributed by atoms with E-state index in [0.29, 0.717) is 32.4 Å². The molecule has 0 saturated heterocycles. The molecule has 0 atom stereocenters. The summed E-state index contributed by atoms with van der Waals surface area (Å²) in [5, 5.41) is 13.9. The van der Waals surface area contributed by atoms with Gasteiger partial charge in [-0.1, -0.05) is 18.2 Å². The Morgan fingerprint density at radius 3 is 2.65 bits per heavy atom. The summed E-state index contributed by atoms with van der Waals surface area (Å²) in [4.78, 5) is 11.9. The van der Waals surface area contributed by atoms with E-state index in [1.165, 1.54) is 6.21 Å². The number of aromatic hydroxyl groups is 1. The molecule has 0 radical (unpaired) electrons. The highest BCUT2D eigenvalue weighted by molar-refractivity contribution is 9.13. The minimum atomic E-state index is -0.305. The maximum absolute atomic E-state index is 11.9. The first-order chi connectivity index (χ1) is 11.0. The molecule has 23 heavy (non-hydrogen) atoms. The number of rotatable bonds is 5. The standard InChI is InChI=1S/C16H14Br2N2O3/c1-2-23-12-8-11(13(17)14(18)15(12)21)9-19-20-16(22)10-6-4-3-5-7-10/h3-9,21H,2H2,1H3,(H,20,22). The van der Waals surface area contributed by atoms with Gasteiger partial charge in [0.15, 0.2) is 11.5 Å². The second kappa shape index (κ2) is 8.12. The highest BCUT2D eigenvalue weighted by Gasteiger charge is 2.14. The molecule has 0 saturated carbocycles. The topological polar surface area (TPSA) is 70.9 Å². The molecular formula is C16H14Br2N2O3. The molecule has 120 valence electrons. The molecule has 2 rings (SSSR count). The third-order valence-corrected chi connectivity index (χ3v) is 5.04. The van der Waals surface area contributed by atoms with Crippen LogP contribution in [0.25, 0.3) is 0 Å². The van der Waals surface area contributed by atoms with Crippen molar-refractivity contribution in [1.82, 2.24) is 5.43 Å². The number of carbonyl (C=O) groups excluding carboxylic acids is 1. The van der Waals surface area contributed by atoms with E-state index in [4.69, 9.17) is 4.74 Å². The summed E-state index contributed by atoms with van der Waals surface area (Å²) in [6, 6.07) is 10.4. The average Bonchev–Trinajstić information content (AvgIpc) is 2.57. The lowest BCUT2D eigenvalue weighted by molar-refractivity contribution is 0.0955. The van der Waals surface area contributed by atoms with Gasteiger partial charge >= 0.3 is 0 Å². The number of hydrogen-bond donors (Lipinski definition) is 2. The number of phenolic OH excluding ortho intramolecular Hbond substituents is 1. The van der Waals surface area contributed by atoms with E-state index in [0.717, 1.165) is 0 Å². The Hall–Kier alpha value is -1.86. The van der Waals surface area contributed by atoms with Gasteiger partial charge in [-0.05, 0) is 57.0 Å². The SMILES string of the molecule is CCOc1cc(C=NNC(=O)c2ccccc2)c(Br)c(Br)c1O. The molecule has 0 spiro atoms. The minimum Gasteiger partial charge on any atom is -0.503 e. The Kier molecular flexibility index (Phi) is 6.18. The fraction of sp³-hybridized carbons (Fsp3) is 0.125. The van der Waals surface area contributed by atoms with Gasteiger partial charge in [0.25, 0.3) is 5.91 Å². The van der Waals surface area contributed by atoms with E-state index in [-0.39, 0.29) is 11.7 Å². The molecule has 7 heteroatoms. The number of carbonyl (C=O) groups is 1. The third-order valence-electron chi connectivity index (χ3n) is 2.88. The molecule has 0 unspecified atom stereocenters. The maximum Gasteiger partial charge on any atom is 0.271 e. The predicted molar refractivity (Wildman–Crippen MR) is 96.2 cm³/mol. The molecule has 0 aliphatic carbocycles. The van der Waals surface area contributed by atoms with Crippen molar-refractivity contribution < 1.29 is 14.6 Å². The Morgan fingerprint density at radius 1 is 1.30 bits per heavy atom. The quantitative estimate of drug-likeness (QED) is 0.542. The fourth-order valence-electron chi connectivity index (χ4n) is 1.79. The van der Waals surface area contributed by atoms with Gasteiger partial charge in [0, 0.05) is 15.6 Å². The molecule has 2 N–H and O–H groups in total. The largest absolute Gasteiger partial charge is 0.503 e. The molecule has 5 nitrogen and oxygen atoms in total. The molecular weight excluding hydrogens is 428 g/mol. The van der Waals surface area contributed by atoms with Crippen molar-refractivity contribution in [2.24, 2.45) is 5.10 Å². The lowest BCUT2D eigenvalue weighted by atomic mass is 10.2. The number of ether oxygens (including phenoxy) is 1. The minimum absolute atomic E-state index is 0.00389. The van der Waals surface area contributed by atoms with E-state index in [9.17, 15) is 9.90 Å². The second-order valence-electron chi connectivity index (χ2n) is 4.44. The van der Waals surface area contributed by atoms with Crippen molar-refractivity contribution in [3.8, 4) is 11.5 Å². The first-order valence-corrected chi connectivity index (χ1v) is 8.35. The van der Waals surface area contributed by atoms with Crippen molar-refractivity contribution in [1.29, 1.82) is 0 Å². The molecule has 0 heterocycles. The van der Waals surface area contributed by atoms with Crippen molar-refractivity contribution in [2.75, 3.05) is 6.61 Å². The molecule has 0 aliphatic rings. The van der Waals surface area contributed by atoms with Crippen LogP contribution in [0.2, 0.25) is 0 Å². The lowest BCUT2D eigenvalue weighted by Gasteiger charge is -2.10. The second-order valence-corrected chi connectivity index (χ2v) is 6.02. The first-order valence-electron chi connectivity index (χ1n) is 6.76. The van der Waals surface area contributed by atoms with Crippen LogP contribution < -0.4 is 10.2 Å². The van der Waals surface area contributed by atoms with Gasteiger partial charge in [0.2, 0.25) is 0 Å². The molecule has 0 aliphatic heterocycles. The van der Waals surface area contributed by atoms with Crippen LogP contribution in [-0.2, 0) is 0 Å². The fourth-order valence-corrected chi connectivity index (χ4v) is 2.61. The van der Waals surface area contributed by atoms with Crippen molar-refractivity contribution in [3.05, 3.63) is 56.5 Å². The summed E-state index contributed by atoms with van der Waals surface area (Å²) in [7, 11) is 0. The normalized spacial score (nSPS) is 10.7. The van der Waals surface area contributed by atoms with Crippen molar-refractivity contribution in [3.63, 3.8) is 0 Å². The highest BCUT2D eigenvalue weighted by atomic mass is 79.9. The average molecular weight is 442 g/mol. The van der Waals surface area contributed by atoms with Gasteiger partial charge in [0.05, 0.1) is 17.3 Å². The number of hydrogen-bond acceptors (Lipinski definition) is 4. The van der Waals surface area contributed by atoms with Crippen LogP contribution in [0.3, 0.4) is 0 Å². The number of halogens is 2. The van der Waals surface area contributed by atoms with Crippen LogP contribution in [0.15, 0.2) is 50.4 Å². The number of amides is 1. The van der Waals surface area contributed by atoms with E-state index in [1.54, 1.807) is 30.3 Å². The highest BCUT2D eigenvalue weighted by Crippen LogP contribution is 2.41. The molecule has 0 fully saturated rings. The van der Waals surface area contributed by atoms with Gasteiger partial charge in [-0.25, -0.2) is 5.43 Å². The molecule has 0 aromatic heterocycles. The van der Waals surface area contributed by atoms with Crippen LogP contribution in [-0.4, -0.2) is 23.8 Å². The zero-order valence-electron chi connectivity index (χ0n) is 12.2. The Balaban J connectivity index is 2.18. The maximum atomic E-state index is 11.9. The molecule has 0 bridgehead atoms. The van der Waals surface area contributed by atoms with Gasteiger partial charge in [0.1, 0.15) is 0 Å². The Labute approximate surface area is 150 Å². The van der Waals surface area contributed by atoms with Crippen molar-refractivity contribution in [2.45, 2.75) is 6.92 Å². The summed E-state index contributed by atoms with van der Waals surface area (Å²) in [5.41, 5.74) is 3.62. The smallest absolute Gasteiger partial charge is 0.271 e. The van der Waals surface area contributed by atoms with Crippen LogP contribution in [0.1, 0.15) is 22.8 Å². The lowest BCUT2D eigenvalue weighted by Crippen LogP contribution is -2.17.